The average Bonchev–Trinajstić information content (AvgIpc) is 2.79. The normalized spacial score (nSPS) is 10.9. The summed E-state index contributed by atoms with van der Waals surface area (Å²) >= 11 is 0. The van der Waals surface area contributed by atoms with Crippen LogP contribution in [0.3, 0.4) is 0 Å². The molecule has 0 radical (unpaired) electrons. The molecule has 0 aliphatic rings. The molecule has 1 heterocycles. The summed E-state index contributed by atoms with van der Waals surface area (Å²) in [5.74, 6) is -0.803. The van der Waals surface area contributed by atoms with Gasteiger partial charge in [-0.25, -0.2) is 13.2 Å². The van der Waals surface area contributed by atoms with Gasteiger partial charge in [0.15, 0.2) is 0 Å². The van der Waals surface area contributed by atoms with E-state index in [1.807, 2.05) is 0 Å². The van der Waals surface area contributed by atoms with E-state index in [4.69, 9.17) is 0 Å². The van der Waals surface area contributed by atoms with Gasteiger partial charge < -0.3 is 5.32 Å². The van der Waals surface area contributed by atoms with Crippen LogP contribution in [0.25, 0.3) is 0 Å². The molecule has 0 bridgehead atoms. The van der Waals surface area contributed by atoms with E-state index >= 15 is 0 Å². The van der Waals surface area contributed by atoms with Crippen LogP contribution in [-0.4, -0.2) is 15.7 Å². The molecule has 2 aromatic rings. The van der Waals surface area contributed by atoms with Crippen molar-refractivity contribution in [2.45, 2.75) is 26.4 Å². The Balaban J connectivity index is 1.94. The fourth-order valence-corrected chi connectivity index (χ4v) is 1.86. The van der Waals surface area contributed by atoms with E-state index in [9.17, 15) is 18.0 Å². The second-order valence-electron chi connectivity index (χ2n) is 4.57. The van der Waals surface area contributed by atoms with Crippen molar-refractivity contribution in [1.82, 2.24) is 15.1 Å². The van der Waals surface area contributed by atoms with Gasteiger partial charge in [0, 0.05) is 6.54 Å². The summed E-state index contributed by atoms with van der Waals surface area (Å²) in [6.07, 6.45) is -2.68. The number of rotatable bonds is 5. The molecule has 0 saturated carbocycles. The Bertz CT molecular complexity index is 623. The van der Waals surface area contributed by atoms with Crippen molar-refractivity contribution in [3.8, 4) is 0 Å². The second-order valence-corrected chi connectivity index (χ2v) is 4.57. The third-order valence-corrected chi connectivity index (χ3v) is 2.85. The van der Waals surface area contributed by atoms with Gasteiger partial charge in [0.1, 0.15) is 18.1 Å². The largest absolute Gasteiger partial charge is 0.350 e. The predicted molar refractivity (Wildman–Crippen MR) is 70.2 cm³/mol. The molecule has 0 fully saturated rings. The Kier molecular flexibility index (Phi) is 4.62. The molecular formula is C14H14F3N3O. The first kappa shape index (κ1) is 15.1. The summed E-state index contributed by atoms with van der Waals surface area (Å²) in [6, 6.07) is 6.90. The molecule has 0 atom stereocenters. The molecule has 2 rings (SSSR count). The van der Waals surface area contributed by atoms with E-state index in [1.54, 1.807) is 6.92 Å². The van der Waals surface area contributed by atoms with Gasteiger partial charge in [-0.15, -0.1) is 0 Å². The number of halogens is 3. The molecular weight excluding hydrogens is 283 g/mol. The number of carbonyl (C=O) groups is 1. The number of aryl methyl sites for hydroxylation is 1. The Hall–Kier alpha value is -2.31. The van der Waals surface area contributed by atoms with Crippen LogP contribution in [0.1, 0.15) is 23.4 Å². The fourth-order valence-electron chi connectivity index (χ4n) is 1.86. The highest BCUT2D eigenvalue weighted by Crippen LogP contribution is 2.19. The van der Waals surface area contributed by atoms with Crippen molar-refractivity contribution >= 4 is 5.91 Å². The minimum absolute atomic E-state index is 0.198. The van der Waals surface area contributed by atoms with E-state index in [0.29, 0.717) is 5.69 Å². The number of benzene rings is 1. The third kappa shape index (κ3) is 4.08. The minimum atomic E-state index is -2.68. The number of alkyl halides is 2. The topological polar surface area (TPSA) is 46.9 Å². The summed E-state index contributed by atoms with van der Waals surface area (Å²) in [4.78, 5) is 11.7. The van der Waals surface area contributed by atoms with Gasteiger partial charge >= 0.3 is 0 Å². The van der Waals surface area contributed by atoms with Crippen LogP contribution < -0.4 is 5.32 Å². The fraction of sp³-hybridized carbons (Fsp3) is 0.286. The number of nitrogens with one attached hydrogen (secondary N) is 1. The van der Waals surface area contributed by atoms with Gasteiger partial charge in [0.2, 0.25) is 5.91 Å². The van der Waals surface area contributed by atoms with Gasteiger partial charge in [0.25, 0.3) is 6.43 Å². The Labute approximate surface area is 119 Å². The van der Waals surface area contributed by atoms with Gasteiger partial charge in [-0.05, 0) is 30.7 Å². The highest BCUT2D eigenvalue weighted by atomic mass is 19.3. The minimum Gasteiger partial charge on any atom is -0.350 e. The molecule has 1 aromatic heterocycles. The van der Waals surface area contributed by atoms with Crippen molar-refractivity contribution < 1.29 is 18.0 Å². The lowest BCUT2D eigenvalue weighted by Crippen LogP contribution is -2.28. The molecule has 0 spiro atoms. The van der Waals surface area contributed by atoms with Gasteiger partial charge in [0.05, 0.1) is 5.69 Å². The third-order valence-electron chi connectivity index (χ3n) is 2.85. The highest BCUT2D eigenvalue weighted by Gasteiger charge is 2.17. The van der Waals surface area contributed by atoms with E-state index < -0.39 is 12.3 Å². The number of hydrogen-bond acceptors (Lipinski definition) is 2. The number of aromatic nitrogens is 2. The average molecular weight is 297 g/mol. The standard InChI is InChI=1S/C14H14F3N3O/c1-9-6-12(14(16)17)20(19-9)8-13(21)18-7-10-2-4-11(15)5-3-10/h2-6,14H,7-8H2,1H3,(H,18,21). The second kappa shape index (κ2) is 6.43. The lowest BCUT2D eigenvalue weighted by molar-refractivity contribution is -0.122. The van der Waals surface area contributed by atoms with E-state index in [0.717, 1.165) is 10.2 Å². The van der Waals surface area contributed by atoms with Crippen LogP contribution in [0, 0.1) is 12.7 Å². The monoisotopic (exact) mass is 297 g/mol. The van der Waals surface area contributed by atoms with Crippen LogP contribution in [0.15, 0.2) is 30.3 Å². The van der Waals surface area contributed by atoms with Gasteiger partial charge in [-0.1, -0.05) is 12.1 Å². The number of carbonyl (C=O) groups excluding carboxylic acids is 1. The van der Waals surface area contributed by atoms with Crippen molar-refractivity contribution in [2.75, 3.05) is 0 Å². The number of hydrogen-bond donors (Lipinski definition) is 1. The van der Waals surface area contributed by atoms with Gasteiger partial charge in [-0.3, -0.25) is 9.48 Å². The summed E-state index contributed by atoms with van der Waals surface area (Å²) in [5.41, 5.74) is 0.858. The summed E-state index contributed by atoms with van der Waals surface area (Å²) in [6.45, 7) is 1.50. The SMILES string of the molecule is Cc1cc(C(F)F)n(CC(=O)NCc2ccc(F)cc2)n1. The Morgan fingerprint density at radius 1 is 1.33 bits per heavy atom. The summed E-state index contributed by atoms with van der Waals surface area (Å²) < 4.78 is 39.2. The maximum absolute atomic E-state index is 12.8. The van der Waals surface area contributed by atoms with Crippen LogP contribution >= 0.6 is 0 Å². The molecule has 0 aliphatic carbocycles. The molecule has 1 N–H and O–H groups in total. The molecule has 7 heteroatoms. The summed E-state index contributed by atoms with van der Waals surface area (Å²) in [5, 5.41) is 6.44. The lowest BCUT2D eigenvalue weighted by Gasteiger charge is -2.08. The van der Waals surface area contributed by atoms with Crippen LogP contribution in [0.4, 0.5) is 13.2 Å². The number of nitrogens with zero attached hydrogens (tertiary/aromatic N) is 2. The molecule has 21 heavy (non-hydrogen) atoms. The zero-order valence-electron chi connectivity index (χ0n) is 11.3. The van der Waals surface area contributed by atoms with E-state index in [-0.39, 0.29) is 24.6 Å². The first-order valence-corrected chi connectivity index (χ1v) is 6.29. The van der Waals surface area contributed by atoms with Crippen molar-refractivity contribution in [2.24, 2.45) is 0 Å². The molecule has 1 amide bonds. The van der Waals surface area contributed by atoms with Crippen LogP contribution in [-0.2, 0) is 17.9 Å². The molecule has 0 saturated heterocycles. The summed E-state index contributed by atoms with van der Waals surface area (Å²) in [7, 11) is 0. The lowest BCUT2D eigenvalue weighted by atomic mass is 10.2. The molecule has 0 unspecified atom stereocenters. The van der Waals surface area contributed by atoms with Gasteiger partial charge in [-0.2, -0.15) is 5.10 Å². The molecule has 4 nitrogen and oxygen atoms in total. The van der Waals surface area contributed by atoms with Crippen LogP contribution in [0.5, 0.6) is 0 Å². The van der Waals surface area contributed by atoms with E-state index in [1.165, 1.54) is 30.3 Å². The van der Waals surface area contributed by atoms with Crippen molar-refractivity contribution in [3.63, 3.8) is 0 Å². The van der Waals surface area contributed by atoms with Crippen LogP contribution in [0.2, 0.25) is 0 Å². The molecule has 112 valence electrons. The van der Waals surface area contributed by atoms with Crippen molar-refractivity contribution in [1.29, 1.82) is 0 Å². The Morgan fingerprint density at radius 3 is 2.62 bits per heavy atom. The zero-order valence-corrected chi connectivity index (χ0v) is 11.3. The molecule has 1 aromatic carbocycles. The zero-order chi connectivity index (χ0) is 15.4. The molecule has 0 aliphatic heterocycles. The maximum Gasteiger partial charge on any atom is 0.280 e. The maximum atomic E-state index is 12.8. The quantitative estimate of drug-likeness (QED) is 0.922. The van der Waals surface area contributed by atoms with Crippen molar-refractivity contribution in [3.05, 3.63) is 53.1 Å². The van der Waals surface area contributed by atoms with E-state index in [2.05, 4.69) is 10.4 Å². The highest BCUT2D eigenvalue weighted by molar-refractivity contribution is 5.75. The predicted octanol–water partition coefficient (Wildman–Crippen LogP) is 2.58. The first-order valence-electron chi connectivity index (χ1n) is 6.29. The smallest absolute Gasteiger partial charge is 0.280 e. The first-order chi connectivity index (χ1) is 9.95. The number of amides is 1. The Morgan fingerprint density at radius 2 is 2.00 bits per heavy atom.